The second-order valence-corrected chi connectivity index (χ2v) is 8.85. The number of rotatable bonds is 7. The van der Waals surface area contributed by atoms with Gasteiger partial charge >= 0.3 is 0 Å². The molecule has 1 N–H and O–H groups in total. The van der Waals surface area contributed by atoms with E-state index < -0.39 is 0 Å². The Hall–Kier alpha value is -2.93. The number of amides is 1. The highest BCUT2D eigenvalue weighted by atomic mass is 35.5. The highest BCUT2D eigenvalue weighted by Gasteiger charge is 2.24. The molecule has 0 aromatic heterocycles. The van der Waals surface area contributed by atoms with Crippen molar-refractivity contribution in [1.82, 2.24) is 5.32 Å². The summed E-state index contributed by atoms with van der Waals surface area (Å²) >= 11 is 13.5. The molecule has 0 unspecified atom stereocenters. The van der Waals surface area contributed by atoms with E-state index in [0.717, 1.165) is 22.6 Å². The number of carbonyl (C=O) groups excluding carboxylic acids is 1. The van der Waals surface area contributed by atoms with E-state index >= 15 is 0 Å². The number of amidine groups is 1. The van der Waals surface area contributed by atoms with E-state index in [1.807, 2.05) is 61.5 Å². The minimum Gasteiger partial charge on any atom is -0.494 e. The van der Waals surface area contributed by atoms with Crippen LogP contribution in [0, 0.1) is 0 Å². The number of carbonyl (C=O) groups is 1. The summed E-state index contributed by atoms with van der Waals surface area (Å²) in [6.07, 6.45) is 1.79. The molecule has 8 heteroatoms. The van der Waals surface area contributed by atoms with E-state index in [-0.39, 0.29) is 12.5 Å². The van der Waals surface area contributed by atoms with Crippen LogP contribution in [0.5, 0.6) is 11.5 Å². The van der Waals surface area contributed by atoms with E-state index in [2.05, 4.69) is 10.3 Å². The van der Waals surface area contributed by atoms with Crippen LogP contribution in [-0.2, 0) is 11.4 Å². The smallest absolute Gasteiger partial charge is 0.264 e. The van der Waals surface area contributed by atoms with Gasteiger partial charge in [-0.05, 0) is 67.2 Å². The van der Waals surface area contributed by atoms with Gasteiger partial charge < -0.3 is 14.8 Å². The summed E-state index contributed by atoms with van der Waals surface area (Å²) in [5.41, 5.74) is 2.33. The van der Waals surface area contributed by atoms with Crippen LogP contribution in [0.25, 0.3) is 6.08 Å². The lowest BCUT2D eigenvalue weighted by Gasteiger charge is -2.11. The fourth-order valence-corrected chi connectivity index (χ4v) is 4.34. The summed E-state index contributed by atoms with van der Waals surface area (Å²) in [6.45, 7) is 2.81. The van der Waals surface area contributed by atoms with Crippen LogP contribution in [-0.4, -0.2) is 17.7 Å². The van der Waals surface area contributed by atoms with Gasteiger partial charge in [0.15, 0.2) is 5.17 Å². The molecule has 0 radical (unpaired) electrons. The molecule has 0 saturated carbocycles. The number of hydrogen-bond donors (Lipinski definition) is 1. The van der Waals surface area contributed by atoms with Crippen LogP contribution < -0.4 is 14.8 Å². The molecule has 0 aliphatic carbocycles. The highest BCUT2D eigenvalue weighted by molar-refractivity contribution is 8.18. The van der Waals surface area contributed by atoms with Crippen molar-refractivity contribution in [2.24, 2.45) is 4.99 Å². The molecule has 3 aromatic carbocycles. The van der Waals surface area contributed by atoms with Gasteiger partial charge in [0.25, 0.3) is 5.91 Å². The standard InChI is InChI=1S/C25H20Cl2N2O3S/c1-2-31-20-11-9-19(10-12-20)28-25-29-24(30)23(33-25)13-16-5-3-4-6-22(16)32-15-17-7-8-18(26)14-21(17)27/h3-14H,2,15H2,1H3,(H,28,29,30)/b23-13+. The van der Waals surface area contributed by atoms with Crippen LogP contribution >= 0.6 is 35.0 Å². The second-order valence-electron chi connectivity index (χ2n) is 6.97. The van der Waals surface area contributed by atoms with Crippen molar-refractivity contribution >= 4 is 57.8 Å². The third-order valence-electron chi connectivity index (χ3n) is 4.63. The van der Waals surface area contributed by atoms with E-state index in [1.54, 1.807) is 18.2 Å². The Kier molecular flexibility index (Phi) is 7.60. The number of halogens is 2. The quantitative estimate of drug-likeness (QED) is 0.361. The van der Waals surface area contributed by atoms with Crippen LogP contribution in [0.15, 0.2) is 76.6 Å². The maximum Gasteiger partial charge on any atom is 0.264 e. The Morgan fingerprint density at radius 3 is 2.58 bits per heavy atom. The first kappa shape index (κ1) is 23.2. The lowest BCUT2D eigenvalue weighted by Crippen LogP contribution is -2.19. The molecule has 168 valence electrons. The summed E-state index contributed by atoms with van der Waals surface area (Å²) < 4.78 is 11.4. The second kappa shape index (κ2) is 10.8. The summed E-state index contributed by atoms with van der Waals surface area (Å²) in [6, 6.07) is 20.2. The fraction of sp³-hybridized carbons (Fsp3) is 0.120. The lowest BCUT2D eigenvalue weighted by molar-refractivity contribution is -0.115. The maximum atomic E-state index is 12.5. The van der Waals surface area contributed by atoms with Crippen molar-refractivity contribution in [3.63, 3.8) is 0 Å². The molecule has 5 nitrogen and oxygen atoms in total. The molecule has 1 aliphatic heterocycles. The van der Waals surface area contributed by atoms with E-state index in [9.17, 15) is 4.79 Å². The van der Waals surface area contributed by atoms with E-state index in [1.165, 1.54) is 11.8 Å². The molecule has 1 heterocycles. The largest absolute Gasteiger partial charge is 0.494 e. The molecular formula is C25H20Cl2N2O3S. The zero-order valence-corrected chi connectivity index (χ0v) is 20.0. The number of benzene rings is 3. The molecule has 0 bridgehead atoms. The van der Waals surface area contributed by atoms with Gasteiger partial charge in [-0.15, -0.1) is 0 Å². The molecule has 33 heavy (non-hydrogen) atoms. The minimum absolute atomic E-state index is 0.208. The van der Waals surface area contributed by atoms with Gasteiger partial charge in [-0.1, -0.05) is 47.5 Å². The topological polar surface area (TPSA) is 59.9 Å². The fourth-order valence-electron chi connectivity index (χ4n) is 3.05. The number of ether oxygens (including phenoxy) is 2. The third kappa shape index (κ3) is 6.11. The summed E-state index contributed by atoms with van der Waals surface area (Å²) in [4.78, 5) is 17.6. The molecular weight excluding hydrogens is 479 g/mol. The zero-order chi connectivity index (χ0) is 23.2. The van der Waals surface area contributed by atoms with Crippen molar-refractivity contribution in [3.05, 3.63) is 92.8 Å². The summed E-state index contributed by atoms with van der Waals surface area (Å²) in [7, 11) is 0. The van der Waals surface area contributed by atoms with Crippen LogP contribution in [0.3, 0.4) is 0 Å². The van der Waals surface area contributed by atoms with Crippen molar-refractivity contribution < 1.29 is 14.3 Å². The van der Waals surface area contributed by atoms with E-state index in [0.29, 0.717) is 32.5 Å². The zero-order valence-electron chi connectivity index (χ0n) is 17.7. The maximum absolute atomic E-state index is 12.5. The summed E-state index contributed by atoms with van der Waals surface area (Å²) in [5.74, 6) is 1.21. The average Bonchev–Trinajstić information content (AvgIpc) is 3.14. The normalized spacial score (nSPS) is 15.7. The number of para-hydroxylation sites is 1. The Morgan fingerprint density at radius 2 is 1.82 bits per heavy atom. The number of nitrogens with one attached hydrogen (secondary N) is 1. The van der Waals surface area contributed by atoms with Crippen LogP contribution in [0.1, 0.15) is 18.1 Å². The molecule has 0 atom stereocenters. The minimum atomic E-state index is -0.208. The first-order valence-electron chi connectivity index (χ1n) is 10.2. The predicted molar refractivity (Wildman–Crippen MR) is 136 cm³/mol. The molecule has 1 aliphatic rings. The summed E-state index contributed by atoms with van der Waals surface area (Å²) in [5, 5.41) is 4.43. The van der Waals surface area contributed by atoms with Crippen molar-refractivity contribution in [1.29, 1.82) is 0 Å². The van der Waals surface area contributed by atoms with Gasteiger partial charge in [0.2, 0.25) is 0 Å². The molecule has 4 rings (SSSR count). The molecule has 1 amide bonds. The van der Waals surface area contributed by atoms with Gasteiger partial charge in [-0.2, -0.15) is 0 Å². The molecule has 1 fully saturated rings. The molecule has 0 spiro atoms. The van der Waals surface area contributed by atoms with Crippen molar-refractivity contribution in [2.45, 2.75) is 13.5 Å². The Balaban J connectivity index is 1.49. The highest BCUT2D eigenvalue weighted by Crippen LogP contribution is 2.31. The molecule has 1 saturated heterocycles. The van der Waals surface area contributed by atoms with Gasteiger partial charge in [0.1, 0.15) is 18.1 Å². The first-order valence-corrected chi connectivity index (χ1v) is 11.8. The SMILES string of the molecule is CCOc1ccc(N=C2NC(=O)/C(=C\c3ccccc3OCc3ccc(Cl)cc3Cl)S2)cc1. The monoisotopic (exact) mass is 498 g/mol. The average molecular weight is 499 g/mol. The van der Waals surface area contributed by atoms with Gasteiger partial charge in [0, 0.05) is 21.2 Å². The van der Waals surface area contributed by atoms with Crippen LogP contribution in [0.2, 0.25) is 10.0 Å². The number of thioether (sulfide) groups is 1. The van der Waals surface area contributed by atoms with Gasteiger partial charge in [-0.25, -0.2) is 4.99 Å². The Morgan fingerprint density at radius 1 is 1.03 bits per heavy atom. The van der Waals surface area contributed by atoms with E-state index in [4.69, 9.17) is 32.7 Å². The van der Waals surface area contributed by atoms with Crippen molar-refractivity contribution in [2.75, 3.05) is 6.61 Å². The lowest BCUT2D eigenvalue weighted by atomic mass is 10.2. The Bertz CT molecular complexity index is 1230. The predicted octanol–water partition coefficient (Wildman–Crippen LogP) is 6.86. The number of aliphatic imine (C=N–C) groups is 1. The van der Waals surface area contributed by atoms with Gasteiger partial charge in [-0.3, -0.25) is 4.79 Å². The number of nitrogens with zero attached hydrogens (tertiary/aromatic N) is 1. The van der Waals surface area contributed by atoms with Crippen molar-refractivity contribution in [3.8, 4) is 11.5 Å². The Labute approximate surface area is 206 Å². The van der Waals surface area contributed by atoms with Gasteiger partial charge in [0.05, 0.1) is 17.2 Å². The van der Waals surface area contributed by atoms with Crippen LogP contribution in [0.4, 0.5) is 5.69 Å². The number of hydrogen-bond acceptors (Lipinski definition) is 5. The third-order valence-corrected chi connectivity index (χ3v) is 6.13. The molecule has 3 aromatic rings. The first-order chi connectivity index (χ1) is 16.0.